The average Bonchev–Trinajstić information content (AvgIpc) is 3.09. The summed E-state index contributed by atoms with van der Waals surface area (Å²) >= 11 is 0. The summed E-state index contributed by atoms with van der Waals surface area (Å²) in [5.74, 6) is 0.0321. The molecule has 1 saturated heterocycles. The van der Waals surface area contributed by atoms with E-state index in [1.807, 2.05) is 37.4 Å². The average molecular weight is 343 g/mol. The molecular formula is C19H29N5O. The molecule has 0 spiro atoms. The van der Waals surface area contributed by atoms with Gasteiger partial charge in [-0.25, -0.2) is 0 Å². The molecule has 0 saturated carbocycles. The Bertz CT molecular complexity index is 690. The van der Waals surface area contributed by atoms with Crippen molar-refractivity contribution < 1.29 is 4.79 Å². The van der Waals surface area contributed by atoms with Crippen LogP contribution >= 0.6 is 0 Å². The summed E-state index contributed by atoms with van der Waals surface area (Å²) < 4.78 is 1.80. The molecule has 6 nitrogen and oxygen atoms in total. The van der Waals surface area contributed by atoms with E-state index in [0.717, 1.165) is 63.1 Å². The summed E-state index contributed by atoms with van der Waals surface area (Å²) in [4.78, 5) is 17.4. The molecule has 1 aliphatic rings. The third-order valence-corrected chi connectivity index (χ3v) is 5.11. The first-order chi connectivity index (χ1) is 12.2. The van der Waals surface area contributed by atoms with Crippen LogP contribution in [0.3, 0.4) is 0 Å². The second-order valence-electron chi connectivity index (χ2n) is 6.74. The summed E-state index contributed by atoms with van der Waals surface area (Å²) in [5, 5.41) is 8.50. The van der Waals surface area contributed by atoms with Gasteiger partial charge in [-0.05, 0) is 32.5 Å². The van der Waals surface area contributed by atoms with Crippen LogP contribution in [0.15, 0.2) is 30.5 Å². The number of para-hydroxylation sites is 1. The number of nitrogens with zero attached hydrogens (tertiary/aromatic N) is 4. The first-order valence-electron chi connectivity index (χ1n) is 9.33. The largest absolute Gasteiger partial charge is 0.354 e. The van der Waals surface area contributed by atoms with Gasteiger partial charge in [-0.2, -0.15) is 5.10 Å². The van der Waals surface area contributed by atoms with E-state index in [1.165, 1.54) is 0 Å². The number of piperazine rings is 1. The minimum Gasteiger partial charge on any atom is -0.354 e. The lowest BCUT2D eigenvalue weighted by atomic mass is 10.2. The maximum atomic E-state index is 12.4. The van der Waals surface area contributed by atoms with Gasteiger partial charge in [0.2, 0.25) is 5.91 Å². The standard InChI is InChI=1S/C19H29N5O/c1-3-22-11-13-23(14-12-22)10-6-9-20-19(25)16(2)24-18-8-5-4-7-17(18)15-21-24/h4-5,7-8,15-16H,3,6,9-14H2,1-2H3,(H,20,25). The molecule has 0 aliphatic carbocycles. The number of carbonyl (C=O) groups excluding carboxylic acids is 1. The zero-order valence-electron chi connectivity index (χ0n) is 15.3. The summed E-state index contributed by atoms with van der Waals surface area (Å²) in [7, 11) is 0. The van der Waals surface area contributed by atoms with Gasteiger partial charge < -0.3 is 15.1 Å². The molecule has 1 fully saturated rings. The van der Waals surface area contributed by atoms with Crippen molar-refractivity contribution >= 4 is 16.8 Å². The number of hydrogen-bond acceptors (Lipinski definition) is 4. The molecular weight excluding hydrogens is 314 g/mol. The lowest BCUT2D eigenvalue weighted by Crippen LogP contribution is -2.46. The summed E-state index contributed by atoms with van der Waals surface area (Å²) in [5.41, 5.74) is 0.999. The van der Waals surface area contributed by atoms with Crippen LogP contribution in [-0.2, 0) is 4.79 Å². The van der Waals surface area contributed by atoms with Crippen LogP contribution in [0, 0.1) is 0 Å². The number of rotatable bonds is 7. The maximum Gasteiger partial charge on any atom is 0.244 e. The van der Waals surface area contributed by atoms with Crippen LogP contribution in [0.1, 0.15) is 26.3 Å². The number of nitrogens with one attached hydrogen (secondary N) is 1. The Kier molecular flexibility index (Phi) is 6.04. The Morgan fingerprint density at radius 1 is 1.20 bits per heavy atom. The minimum absolute atomic E-state index is 0.0321. The molecule has 1 N–H and O–H groups in total. The van der Waals surface area contributed by atoms with Crippen LogP contribution < -0.4 is 5.32 Å². The molecule has 1 aromatic heterocycles. The van der Waals surface area contributed by atoms with Crippen LogP contribution in [0.25, 0.3) is 10.9 Å². The van der Waals surface area contributed by atoms with Gasteiger partial charge in [0.25, 0.3) is 0 Å². The van der Waals surface area contributed by atoms with E-state index in [1.54, 1.807) is 4.68 Å². The molecule has 136 valence electrons. The fraction of sp³-hybridized carbons (Fsp3) is 0.579. The summed E-state index contributed by atoms with van der Waals surface area (Å²) in [6.45, 7) is 11.6. The number of carbonyl (C=O) groups is 1. The highest BCUT2D eigenvalue weighted by molar-refractivity contribution is 5.84. The van der Waals surface area contributed by atoms with E-state index in [-0.39, 0.29) is 11.9 Å². The van der Waals surface area contributed by atoms with Crippen molar-refractivity contribution in [2.24, 2.45) is 0 Å². The van der Waals surface area contributed by atoms with Crippen molar-refractivity contribution in [3.05, 3.63) is 30.5 Å². The number of hydrogen-bond donors (Lipinski definition) is 1. The van der Waals surface area contributed by atoms with E-state index in [9.17, 15) is 4.79 Å². The Morgan fingerprint density at radius 3 is 2.68 bits per heavy atom. The van der Waals surface area contributed by atoms with Gasteiger partial charge in [0.15, 0.2) is 0 Å². The van der Waals surface area contributed by atoms with Gasteiger partial charge >= 0.3 is 0 Å². The smallest absolute Gasteiger partial charge is 0.244 e. The van der Waals surface area contributed by atoms with Crippen LogP contribution in [0.4, 0.5) is 0 Å². The van der Waals surface area contributed by atoms with Crippen molar-refractivity contribution in [3.63, 3.8) is 0 Å². The van der Waals surface area contributed by atoms with Crippen LogP contribution in [0.2, 0.25) is 0 Å². The summed E-state index contributed by atoms with van der Waals surface area (Å²) in [6, 6.07) is 7.68. The number of aromatic nitrogens is 2. The Morgan fingerprint density at radius 2 is 1.92 bits per heavy atom. The van der Waals surface area contributed by atoms with Gasteiger partial charge in [-0.1, -0.05) is 25.1 Å². The van der Waals surface area contributed by atoms with Gasteiger partial charge in [0.1, 0.15) is 6.04 Å². The molecule has 2 heterocycles. The van der Waals surface area contributed by atoms with Crippen LogP contribution in [0.5, 0.6) is 0 Å². The summed E-state index contributed by atoms with van der Waals surface area (Å²) in [6.07, 6.45) is 2.81. The van der Waals surface area contributed by atoms with Gasteiger partial charge in [0, 0.05) is 38.1 Å². The lowest BCUT2D eigenvalue weighted by molar-refractivity contribution is -0.124. The zero-order chi connectivity index (χ0) is 17.6. The molecule has 1 unspecified atom stereocenters. The van der Waals surface area contributed by atoms with Crippen LogP contribution in [-0.4, -0.2) is 71.3 Å². The van der Waals surface area contributed by atoms with E-state index in [2.05, 4.69) is 27.1 Å². The second-order valence-corrected chi connectivity index (χ2v) is 6.74. The highest BCUT2D eigenvalue weighted by Crippen LogP contribution is 2.17. The Hall–Kier alpha value is -1.92. The topological polar surface area (TPSA) is 53.4 Å². The Balaban J connectivity index is 1.42. The van der Waals surface area contributed by atoms with Crippen molar-refractivity contribution in [2.75, 3.05) is 45.8 Å². The fourth-order valence-electron chi connectivity index (χ4n) is 3.40. The molecule has 0 radical (unpaired) electrons. The number of fused-ring (bicyclic) bond motifs is 1. The zero-order valence-corrected chi connectivity index (χ0v) is 15.3. The van der Waals surface area contributed by atoms with Gasteiger partial charge in [-0.3, -0.25) is 9.48 Å². The highest BCUT2D eigenvalue weighted by atomic mass is 16.2. The third kappa shape index (κ3) is 4.38. The molecule has 3 rings (SSSR count). The van der Waals surface area contributed by atoms with Crippen molar-refractivity contribution in [1.29, 1.82) is 0 Å². The first kappa shape index (κ1) is 17.9. The molecule has 2 aromatic rings. The first-order valence-corrected chi connectivity index (χ1v) is 9.33. The monoisotopic (exact) mass is 343 g/mol. The fourth-order valence-corrected chi connectivity index (χ4v) is 3.40. The maximum absolute atomic E-state index is 12.4. The van der Waals surface area contributed by atoms with E-state index in [4.69, 9.17) is 0 Å². The van der Waals surface area contributed by atoms with Gasteiger partial charge in [-0.15, -0.1) is 0 Å². The second kappa shape index (κ2) is 8.45. The van der Waals surface area contributed by atoms with E-state index < -0.39 is 0 Å². The molecule has 1 aliphatic heterocycles. The van der Waals surface area contributed by atoms with Gasteiger partial charge in [0.05, 0.1) is 11.7 Å². The van der Waals surface area contributed by atoms with Crippen molar-refractivity contribution in [1.82, 2.24) is 24.9 Å². The minimum atomic E-state index is -0.298. The number of benzene rings is 1. The van der Waals surface area contributed by atoms with Crippen molar-refractivity contribution in [3.8, 4) is 0 Å². The molecule has 1 atom stereocenters. The van der Waals surface area contributed by atoms with Crippen molar-refractivity contribution in [2.45, 2.75) is 26.3 Å². The predicted octanol–water partition coefficient (Wildman–Crippen LogP) is 1.74. The van der Waals surface area contributed by atoms with E-state index >= 15 is 0 Å². The molecule has 1 aromatic carbocycles. The highest BCUT2D eigenvalue weighted by Gasteiger charge is 2.18. The quantitative estimate of drug-likeness (QED) is 0.778. The molecule has 0 bridgehead atoms. The number of amides is 1. The number of likely N-dealkylation sites (N-methyl/N-ethyl adjacent to an activating group) is 1. The van der Waals surface area contributed by atoms with E-state index in [0.29, 0.717) is 0 Å². The third-order valence-electron chi connectivity index (χ3n) is 5.11. The lowest BCUT2D eigenvalue weighted by Gasteiger charge is -2.34. The molecule has 1 amide bonds. The molecule has 25 heavy (non-hydrogen) atoms. The Labute approximate surface area is 149 Å². The SMILES string of the molecule is CCN1CCN(CCCNC(=O)C(C)n2ncc3ccccc32)CC1. The molecule has 6 heteroatoms. The predicted molar refractivity (Wildman–Crippen MR) is 101 cm³/mol. The normalized spacial score (nSPS) is 17.7.